The summed E-state index contributed by atoms with van der Waals surface area (Å²) in [5.41, 5.74) is 4.31. The summed E-state index contributed by atoms with van der Waals surface area (Å²) < 4.78 is 1.30. The van der Waals surface area contributed by atoms with E-state index in [-0.39, 0.29) is 5.91 Å². The molecule has 152 valence electrons. The number of amides is 1. The number of hydrogen-bond acceptors (Lipinski definition) is 5. The molecule has 0 spiro atoms. The van der Waals surface area contributed by atoms with E-state index in [2.05, 4.69) is 41.1 Å². The second-order valence-electron chi connectivity index (χ2n) is 7.47. The molecule has 3 aromatic rings. The predicted molar refractivity (Wildman–Crippen MR) is 122 cm³/mol. The molecule has 0 bridgehead atoms. The van der Waals surface area contributed by atoms with Gasteiger partial charge >= 0.3 is 0 Å². The molecule has 0 atom stereocenters. The van der Waals surface area contributed by atoms with E-state index >= 15 is 0 Å². The summed E-state index contributed by atoms with van der Waals surface area (Å²) in [6, 6.07) is 11.3. The average Bonchev–Trinajstić information content (AvgIpc) is 3.19. The van der Waals surface area contributed by atoms with Crippen molar-refractivity contribution in [2.45, 2.75) is 13.8 Å². The van der Waals surface area contributed by atoms with Crippen molar-refractivity contribution < 1.29 is 4.79 Å². The van der Waals surface area contributed by atoms with Crippen LogP contribution in [-0.4, -0.2) is 55.1 Å². The number of thiazole rings is 1. The maximum atomic E-state index is 12.2. The van der Waals surface area contributed by atoms with Gasteiger partial charge in [0.1, 0.15) is 0 Å². The summed E-state index contributed by atoms with van der Waals surface area (Å²) in [6.45, 7) is 9.65. The first-order valence-electron chi connectivity index (χ1n) is 9.89. The van der Waals surface area contributed by atoms with E-state index in [0.717, 1.165) is 43.4 Å². The van der Waals surface area contributed by atoms with Crippen LogP contribution < -0.4 is 10.2 Å². The molecule has 1 amide bonds. The number of fused-ring (bicyclic) bond motifs is 1. The molecular weight excluding hydrogens is 404 g/mol. The Morgan fingerprint density at radius 1 is 1.07 bits per heavy atom. The molecule has 0 unspecified atom stereocenters. The predicted octanol–water partition coefficient (Wildman–Crippen LogP) is 4.12. The molecule has 1 fully saturated rings. The lowest BCUT2D eigenvalue weighted by atomic mass is 10.1. The number of aryl methyl sites for hydroxylation is 2. The molecule has 1 aliphatic heterocycles. The second-order valence-corrected chi connectivity index (χ2v) is 8.88. The van der Waals surface area contributed by atoms with E-state index in [4.69, 9.17) is 16.6 Å². The van der Waals surface area contributed by atoms with Crippen LogP contribution in [-0.2, 0) is 0 Å². The van der Waals surface area contributed by atoms with Crippen molar-refractivity contribution in [1.82, 2.24) is 15.2 Å². The zero-order chi connectivity index (χ0) is 20.4. The summed E-state index contributed by atoms with van der Waals surface area (Å²) in [5.74, 6) is -0.0551. The smallest absolute Gasteiger partial charge is 0.251 e. The van der Waals surface area contributed by atoms with Gasteiger partial charge in [0.25, 0.3) is 5.91 Å². The lowest BCUT2D eigenvalue weighted by Crippen LogP contribution is -2.48. The lowest BCUT2D eigenvalue weighted by molar-refractivity contribution is 0.0948. The Balaban J connectivity index is 1.27. The van der Waals surface area contributed by atoms with E-state index in [1.807, 2.05) is 0 Å². The number of anilines is 1. The highest BCUT2D eigenvalue weighted by Gasteiger charge is 2.20. The van der Waals surface area contributed by atoms with Crippen LogP contribution in [0.5, 0.6) is 0 Å². The minimum atomic E-state index is -0.0551. The van der Waals surface area contributed by atoms with Gasteiger partial charge in [-0.1, -0.05) is 35.1 Å². The fourth-order valence-corrected chi connectivity index (χ4v) is 4.87. The Morgan fingerprint density at radius 2 is 1.76 bits per heavy atom. The van der Waals surface area contributed by atoms with Crippen LogP contribution in [0.4, 0.5) is 5.13 Å². The quantitative estimate of drug-likeness (QED) is 0.664. The minimum Gasteiger partial charge on any atom is -0.351 e. The van der Waals surface area contributed by atoms with E-state index in [9.17, 15) is 4.79 Å². The van der Waals surface area contributed by atoms with Gasteiger partial charge in [-0.15, -0.1) is 0 Å². The van der Waals surface area contributed by atoms with Gasteiger partial charge in [-0.25, -0.2) is 4.98 Å². The molecule has 2 heterocycles. The van der Waals surface area contributed by atoms with Crippen LogP contribution in [0.15, 0.2) is 36.4 Å². The van der Waals surface area contributed by atoms with Crippen molar-refractivity contribution >= 4 is 44.2 Å². The second kappa shape index (κ2) is 8.69. The van der Waals surface area contributed by atoms with E-state index < -0.39 is 0 Å². The van der Waals surface area contributed by atoms with Gasteiger partial charge in [0.15, 0.2) is 5.13 Å². The Labute approximate surface area is 180 Å². The van der Waals surface area contributed by atoms with Gasteiger partial charge in [-0.05, 0) is 49.2 Å². The number of piperazine rings is 1. The zero-order valence-electron chi connectivity index (χ0n) is 16.7. The van der Waals surface area contributed by atoms with Gasteiger partial charge in [-0.2, -0.15) is 0 Å². The zero-order valence-corrected chi connectivity index (χ0v) is 18.3. The monoisotopic (exact) mass is 428 g/mol. The molecule has 7 heteroatoms. The van der Waals surface area contributed by atoms with Gasteiger partial charge < -0.3 is 10.2 Å². The Hall–Kier alpha value is -2.15. The third kappa shape index (κ3) is 4.55. The number of hydrogen-bond donors (Lipinski definition) is 1. The molecule has 4 rings (SSSR count). The molecule has 1 saturated heterocycles. The number of nitrogens with one attached hydrogen (secondary N) is 1. The fourth-order valence-electron chi connectivity index (χ4n) is 3.58. The molecule has 0 aliphatic carbocycles. The molecule has 29 heavy (non-hydrogen) atoms. The number of nitrogens with zero attached hydrogens (tertiary/aromatic N) is 3. The van der Waals surface area contributed by atoms with Crippen molar-refractivity contribution in [1.29, 1.82) is 0 Å². The molecular formula is C22H25ClN4OS. The van der Waals surface area contributed by atoms with Crippen molar-refractivity contribution in [3.8, 4) is 0 Å². The van der Waals surface area contributed by atoms with Gasteiger partial charge in [-0.3, -0.25) is 9.69 Å². The molecule has 1 aliphatic rings. The lowest BCUT2D eigenvalue weighted by Gasteiger charge is -2.34. The largest absolute Gasteiger partial charge is 0.351 e. The first-order valence-corrected chi connectivity index (χ1v) is 11.1. The summed E-state index contributed by atoms with van der Waals surface area (Å²) in [4.78, 5) is 21.9. The van der Waals surface area contributed by atoms with Crippen LogP contribution in [0.25, 0.3) is 10.2 Å². The fraction of sp³-hybridized carbons (Fsp3) is 0.364. The third-order valence-corrected chi connectivity index (χ3v) is 6.90. The Bertz CT molecular complexity index is 971. The Morgan fingerprint density at radius 3 is 2.45 bits per heavy atom. The number of benzene rings is 2. The van der Waals surface area contributed by atoms with Crippen molar-refractivity contribution in [3.05, 3.63) is 58.1 Å². The van der Waals surface area contributed by atoms with Gasteiger partial charge in [0.2, 0.25) is 0 Å². The number of aromatic nitrogens is 1. The number of halogens is 1. The summed E-state index contributed by atoms with van der Waals surface area (Å²) in [6.07, 6.45) is 0. The molecule has 1 N–H and O–H groups in total. The third-order valence-electron chi connectivity index (χ3n) is 5.39. The summed E-state index contributed by atoms with van der Waals surface area (Å²) in [5, 5.41) is 4.75. The summed E-state index contributed by atoms with van der Waals surface area (Å²) in [7, 11) is 0. The standard InChI is InChI=1S/C22H25ClN4OS/c1-15-3-4-16(2)20-19(15)25-22(29-20)27-13-11-26(12-14-27)10-9-24-21(28)17-5-7-18(23)8-6-17/h3-8H,9-14H2,1-2H3,(H,24,28). The first kappa shape index (κ1) is 20.1. The Kier molecular flexibility index (Phi) is 6.04. The van der Waals surface area contributed by atoms with E-state index in [1.54, 1.807) is 35.6 Å². The molecule has 0 radical (unpaired) electrons. The van der Waals surface area contributed by atoms with Crippen molar-refractivity contribution in [2.75, 3.05) is 44.2 Å². The normalized spacial score (nSPS) is 15.1. The van der Waals surface area contributed by atoms with Crippen LogP contribution in [0, 0.1) is 13.8 Å². The van der Waals surface area contributed by atoms with Crippen LogP contribution >= 0.6 is 22.9 Å². The molecule has 2 aromatic carbocycles. The molecule has 0 saturated carbocycles. The SMILES string of the molecule is Cc1ccc(C)c2sc(N3CCN(CCNC(=O)c4ccc(Cl)cc4)CC3)nc12. The van der Waals surface area contributed by atoms with Gasteiger partial charge in [0, 0.05) is 49.9 Å². The van der Waals surface area contributed by atoms with E-state index in [1.165, 1.54) is 15.8 Å². The maximum absolute atomic E-state index is 12.2. The number of carbonyl (C=O) groups excluding carboxylic acids is 1. The van der Waals surface area contributed by atoms with Gasteiger partial charge in [0.05, 0.1) is 10.2 Å². The van der Waals surface area contributed by atoms with Crippen LogP contribution in [0.3, 0.4) is 0 Å². The minimum absolute atomic E-state index is 0.0551. The highest BCUT2D eigenvalue weighted by atomic mass is 35.5. The number of carbonyl (C=O) groups is 1. The topological polar surface area (TPSA) is 48.5 Å². The van der Waals surface area contributed by atoms with Crippen LogP contribution in [0.1, 0.15) is 21.5 Å². The van der Waals surface area contributed by atoms with Crippen molar-refractivity contribution in [3.63, 3.8) is 0 Å². The highest BCUT2D eigenvalue weighted by molar-refractivity contribution is 7.22. The summed E-state index contributed by atoms with van der Waals surface area (Å²) >= 11 is 7.67. The van der Waals surface area contributed by atoms with Crippen molar-refractivity contribution in [2.24, 2.45) is 0 Å². The number of rotatable bonds is 5. The first-order chi connectivity index (χ1) is 14.0. The molecule has 5 nitrogen and oxygen atoms in total. The highest BCUT2D eigenvalue weighted by Crippen LogP contribution is 2.33. The molecule has 1 aromatic heterocycles. The maximum Gasteiger partial charge on any atom is 0.251 e. The van der Waals surface area contributed by atoms with Crippen LogP contribution in [0.2, 0.25) is 5.02 Å². The average molecular weight is 429 g/mol. The van der Waals surface area contributed by atoms with E-state index in [0.29, 0.717) is 17.1 Å².